The number of amides is 1. The van der Waals surface area contributed by atoms with Gasteiger partial charge in [-0.05, 0) is 62.2 Å². The fourth-order valence-corrected chi connectivity index (χ4v) is 2.73. The number of nitrogens with one attached hydrogen (secondary N) is 1. The van der Waals surface area contributed by atoms with Gasteiger partial charge in [0, 0.05) is 17.3 Å². The van der Waals surface area contributed by atoms with Crippen molar-refractivity contribution in [2.24, 2.45) is 0 Å². The quantitative estimate of drug-likeness (QED) is 0.782. The van der Waals surface area contributed by atoms with Crippen molar-refractivity contribution in [1.82, 2.24) is 5.32 Å². The Morgan fingerprint density at radius 3 is 2.65 bits per heavy atom. The van der Waals surface area contributed by atoms with Crippen LogP contribution >= 0.6 is 11.6 Å². The molecule has 2 aromatic rings. The van der Waals surface area contributed by atoms with Crippen LogP contribution in [0.25, 0.3) is 0 Å². The second-order valence-electron chi connectivity index (χ2n) is 5.53. The van der Waals surface area contributed by atoms with Crippen molar-refractivity contribution in [2.45, 2.75) is 20.3 Å². The lowest BCUT2D eigenvalue weighted by Gasteiger charge is -2.21. The van der Waals surface area contributed by atoms with E-state index >= 15 is 0 Å². The number of likely N-dealkylation sites (N-methyl/N-ethyl adjacent to an activating group) is 1. The Morgan fingerprint density at radius 2 is 1.96 bits per heavy atom. The van der Waals surface area contributed by atoms with Gasteiger partial charge in [0.1, 0.15) is 0 Å². The van der Waals surface area contributed by atoms with Crippen LogP contribution in [0.15, 0.2) is 48.5 Å². The van der Waals surface area contributed by atoms with Crippen molar-refractivity contribution < 1.29 is 4.79 Å². The van der Waals surface area contributed by atoms with Crippen molar-refractivity contribution in [1.29, 1.82) is 0 Å². The maximum absolute atomic E-state index is 12.4. The summed E-state index contributed by atoms with van der Waals surface area (Å²) in [5.74, 6) is 0.0872. The number of benzene rings is 2. The predicted octanol–water partition coefficient (Wildman–Crippen LogP) is 3.83. The van der Waals surface area contributed by atoms with Gasteiger partial charge < -0.3 is 10.2 Å². The summed E-state index contributed by atoms with van der Waals surface area (Å²) in [5.41, 5.74) is 3.28. The lowest BCUT2D eigenvalue weighted by molar-refractivity contribution is -0.117. The molecule has 0 saturated carbocycles. The third-order valence-electron chi connectivity index (χ3n) is 3.69. The third kappa shape index (κ3) is 5.38. The highest BCUT2D eigenvalue weighted by atomic mass is 35.5. The molecular weight excluding hydrogens is 308 g/mol. The molecule has 1 N–H and O–H groups in total. The molecule has 0 unspecified atom stereocenters. The van der Waals surface area contributed by atoms with Gasteiger partial charge in [0.2, 0.25) is 5.91 Å². The number of anilines is 1. The first kappa shape index (κ1) is 17.5. The van der Waals surface area contributed by atoms with Crippen molar-refractivity contribution in [3.05, 3.63) is 64.7 Å². The molecular formula is C19H23ClN2O. The number of carbonyl (C=O) groups excluding carboxylic acids is 1. The number of rotatable bonds is 7. The van der Waals surface area contributed by atoms with Gasteiger partial charge >= 0.3 is 0 Å². The number of aryl methyl sites for hydroxylation is 1. The van der Waals surface area contributed by atoms with Gasteiger partial charge in [-0.25, -0.2) is 0 Å². The van der Waals surface area contributed by atoms with Crippen LogP contribution in [-0.2, 0) is 11.2 Å². The Bertz CT molecular complexity index is 657. The first-order valence-electron chi connectivity index (χ1n) is 7.92. The Labute approximate surface area is 143 Å². The highest BCUT2D eigenvalue weighted by molar-refractivity contribution is 6.30. The molecule has 0 aliphatic rings. The van der Waals surface area contributed by atoms with Crippen LogP contribution in [0.5, 0.6) is 0 Å². The summed E-state index contributed by atoms with van der Waals surface area (Å²) in [6.07, 6.45) is 0.852. The monoisotopic (exact) mass is 330 g/mol. The predicted molar refractivity (Wildman–Crippen MR) is 97.2 cm³/mol. The molecule has 0 radical (unpaired) electrons. The Hall–Kier alpha value is -1.84. The van der Waals surface area contributed by atoms with Crippen LogP contribution in [0, 0.1) is 6.92 Å². The van der Waals surface area contributed by atoms with Gasteiger partial charge in [0.25, 0.3) is 0 Å². The first-order valence-corrected chi connectivity index (χ1v) is 8.30. The molecule has 0 bridgehead atoms. The smallest absolute Gasteiger partial charge is 0.240 e. The maximum atomic E-state index is 12.4. The topological polar surface area (TPSA) is 32.3 Å². The summed E-state index contributed by atoms with van der Waals surface area (Å²) in [4.78, 5) is 14.2. The van der Waals surface area contributed by atoms with E-state index in [-0.39, 0.29) is 5.91 Å². The molecule has 0 aliphatic heterocycles. The van der Waals surface area contributed by atoms with Crippen LogP contribution in [0.4, 0.5) is 5.69 Å². The van der Waals surface area contributed by atoms with Gasteiger partial charge in [-0.2, -0.15) is 0 Å². The van der Waals surface area contributed by atoms with Gasteiger partial charge in [0.15, 0.2) is 0 Å². The number of nitrogens with zero attached hydrogens (tertiary/aromatic N) is 1. The van der Waals surface area contributed by atoms with Crippen molar-refractivity contribution in [3.8, 4) is 0 Å². The summed E-state index contributed by atoms with van der Waals surface area (Å²) < 4.78 is 0. The zero-order valence-corrected chi connectivity index (χ0v) is 14.4. The average molecular weight is 331 g/mol. The minimum Gasteiger partial charge on any atom is -0.312 e. The van der Waals surface area contributed by atoms with Crippen LogP contribution in [-0.4, -0.2) is 25.5 Å². The van der Waals surface area contributed by atoms with Gasteiger partial charge in [-0.1, -0.05) is 35.9 Å². The van der Waals surface area contributed by atoms with Gasteiger partial charge in [-0.3, -0.25) is 4.79 Å². The number of halogens is 1. The standard InChI is InChI=1S/C19H23ClN2O/c1-3-22(18-9-4-6-15(2)12-18)19(23)14-21-11-10-16-7-5-8-17(20)13-16/h4-9,12-13,21H,3,10-11,14H2,1-2H3. The van der Waals surface area contributed by atoms with Crippen molar-refractivity contribution >= 4 is 23.2 Å². The molecule has 2 rings (SSSR count). The molecule has 0 spiro atoms. The summed E-state index contributed by atoms with van der Waals surface area (Å²) >= 11 is 5.97. The highest BCUT2D eigenvalue weighted by Gasteiger charge is 2.13. The largest absolute Gasteiger partial charge is 0.312 e. The molecule has 23 heavy (non-hydrogen) atoms. The van der Waals surface area contributed by atoms with E-state index in [2.05, 4.69) is 5.32 Å². The number of hydrogen-bond donors (Lipinski definition) is 1. The number of hydrogen-bond acceptors (Lipinski definition) is 2. The molecule has 0 saturated heterocycles. The van der Waals surface area contributed by atoms with E-state index in [4.69, 9.17) is 11.6 Å². The first-order chi connectivity index (χ1) is 11.1. The lowest BCUT2D eigenvalue weighted by atomic mass is 10.1. The SMILES string of the molecule is CCN(C(=O)CNCCc1cccc(Cl)c1)c1cccc(C)c1. The van der Waals surface area contributed by atoms with E-state index < -0.39 is 0 Å². The second-order valence-corrected chi connectivity index (χ2v) is 5.97. The van der Waals surface area contributed by atoms with E-state index in [9.17, 15) is 4.79 Å². The lowest BCUT2D eigenvalue weighted by Crippen LogP contribution is -2.38. The molecule has 1 amide bonds. The van der Waals surface area contributed by atoms with Crippen molar-refractivity contribution in [2.75, 3.05) is 24.5 Å². The maximum Gasteiger partial charge on any atom is 0.240 e. The zero-order chi connectivity index (χ0) is 16.7. The Balaban J connectivity index is 1.83. The van der Waals surface area contributed by atoms with Crippen LogP contribution in [0.1, 0.15) is 18.1 Å². The minimum atomic E-state index is 0.0872. The van der Waals surface area contributed by atoms with Crippen LogP contribution in [0.3, 0.4) is 0 Å². The van der Waals surface area contributed by atoms with E-state index in [0.29, 0.717) is 13.1 Å². The van der Waals surface area contributed by atoms with Gasteiger partial charge in [0.05, 0.1) is 6.54 Å². The number of carbonyl (C=O) groups is 1. The van der Waals surface area contributed by atoms with Crippen LogP contribution in [0.2, 0.25) is 5.02 Å². The molecule has 0 aliphatic carbocycles. The Kier molecular flexibility index (Phi) is 6.63. The van der Waals surface area contributed by atoms with E-state index in [1.807, 2.05) is 62.4 Å². The highest BCUT2D eigenvalue weighted by Crippen LogP contribution is 2.15. The van der Waals surface area contributed by atoms with E-state index in [1.165, 1.54) is 5.56 Å². The molecule has 0 heterocycles. The Morgan fingerprint density at radius 1 is 1.17 bits per heavy atom. The van der Waals surface area contributed by atoms with E-state index in [1.54, 1.807) is 4.90 Å². The molecule has 2 aromatic carbocycles. The average Bonchev–Trinajstić information content (AvgIpc) is 2.52. The molecule has 0 aromatic heterocycles. The molecule has 0 fully saturated rings. The summed E-state index contributed by atoms with van der Waals surface area (Å²) in [5, 5.41) is 3.96. The molecule has 3 nitrogen and oxygen atoms in total. The molecule has 122 valence electrons. The fraction of sp³-hybridized carbons (Fsp3) is 0.316. The normalized spacial score (nSPS) is 10.6. The minimum absolute atomic E-state index is 0.0872. The fourth-order valence-electron chi connectivity index (χ4n) is 2.51. The summed E-state index contributed by atoms with van der Waals surface area (Å²) in [7, 11) is 0. The van der Waals surface area contributed by atoms with Gasteiger partial charge in [-0.15, -0.1) is 0 Å². The molecule has 4 heteroatoms. The van der Waals surface area contributed by atoms with E-state index in [0.717, 1.165) is 29.2 Å². The zero-order valence-electron chi connectivity index (χ0n) is 13.7. The van der Waals surface area contributed by atoms with Crippen molar-refractivity contribution in [3.63, 3.8) is 0 Å². The third-order valence-corrected chi connectivity index (χ3v) is 3.92. The van der Waals surface area contributed by atoms with Crippen LogP contribution < -0.4 is 10.2 Å². The second kappa shape index (κ2) is 8.70. The summed E-state index contributed by atoms with van der Waals surface area (Å²) in [6, 6.07) is 15.8. The molecule has 0 atom stereocenters. The summed E-state index contributed by atoms with van der Waals surface area (Å²) in [6.45, 7) is 5.77.